The van der Waals surface area contributed by atoms with Gasteiger partial charge in [-0.25, -0.2) is 4.79 Å². The van der Waals surface area contributed by atoms with Gasteiger partial charge in [-0.3, -0.25) is 4.98 Å². The van der Waals surface area contributed by atoms with Gasteiger partial charge in [0.15, 0.2) is 5.60 Å². The highest BCUT2D eigenvalue weighted by molar-refractivity contribution is 5.88. The Kier molecular flexibility index (Phi) is 4.75. The van der Waals surface area contributed by atoms with E-state index in [1.54, 1.807) is 19.3 Å². The molecule has 124 valence electrons. The molecule has 3 heteroatoms. The molecule has 0 amide bonds. The lowest BCUT2D eigenvalue weighted by molar-refractivity contribution is -0.148. The Balaban J connectivity index is 2.31. The first-order chi connectivity index (χ1) is 12.1. The van der Waals surface area contributed by atoms with Crippen LogP contribution in [-0.2, 0) is 15.1 Å². The van der Waals surface area contributed by atoms with Crippen molar-refractivity contribution in [3.8, 4) is 0 Å². The molecule has 0 aliphatic heterocycles. The van der Waals surface area contributed by atoms with Gasteiger partial charge in [-0.1, -0.05) is 73.3 Å². The third-order valence-corrected chi connectivity index (χ3v) is 4.02. The molecule has 1 heterocycles. The van der Waals surface area contributed by atoms with Crippen molar-refractivity contribution in [1.82, 2.24) is 4.98 Å². The number of hydrogen-bond acceptors (Lipinski definition) is 3. The summed E-state index contributed by atoms with van der Waals surface area (Å²) >= 11 is 0. The molecule has 0 saturated carbocycles. The first kappa shape index (κ1) is 16.7. The molecule has 0 atom stereocenters. The van der Waals surface area contributed by atoms with Gasteiger partial charge in [0, 0.05) is 34.7 Å². The van der Waals surface area contributed by atoms with Crippen molar-refractivity contribution in [2.24, 2.45) is 0 Å². The predicted octanol–water partition coefficient (Wildman–Crippen LogP) is 4.49. The lowest BCUT2D eigenvalue weighted by Crippen LogP contribution is -2.35. The quantitative estimate of drug-likeness (QED) is 0.511. The third-order valence-electron chi connectivity index (χ3n) is 4.02. The number of ether oxygens (including phenoxy) is 1. The van der Waals surface area contributed by atoms with Crippen LogP contribution in [0.1, 0.15) is 23.6 Å². The van der Waals surface area contributed by atoms with Gasteiger partial charge in [0.1, 0.15) is 0 Å². The summed E-state index contributed by atoms with van der Waals surface area (Å²) in [5.41, 5.74) is 1.74. The van der Waals surface area contributed by atoms with Crippen LogP contribution in [0.5, 0.6) is 0 Å². The topological polar surface area (TPSA) is 39.2 Å². The summed E-state index contributed by atoms with van der Waals surface area (Å²) < 4.78 is 6.08. The Hall–Kier alpha value is -3.20. The Morgan fingerprint density at radius 3 is 1.84 bits per heavy atom. The van der Waals surface area contributed by atoms with E-state index in [4.69, 9.17) is 4.74 Å². The maximum absolute atomic E-state index is 12.5. The van der Waals surface area contributed by atoms with Gasteiger partial charge in [0.05, 0.1) is 0 Å². The van der Waals surface area contributed by atoms with Crippen molar-refractivity contribution in [3.63, 3.8) is 0 Å². The van der Waals surface area contributed by atoms with Crippen LogP contribution in [0.2, 0.25) is 0 Å². The normalized spacial score (nSPS) is 10.9. The average Bonchev–Trinajstić information content (AvgIpc) is 2.68. The first-order valence-corrected chi connectivity index (χ1v) is 8.05. The summed E-state index contributed by atoms with van der Waals surface area (Å²) in [6.07, 6.45) is 3.43. The fourth-order valence-corrected chi connectivity index (χ4v) is 2.82. The van der Waals surface area contributed by atoms with Crippen molar-refractivity contribution < 1.29 is 9.53 Å². The molecule has 3 nitrogen and oxygen atoms in total. The van der Waals surface area contributed by atoms with Gasteiger partial charge in [-0.05, 0) is 13.0 Å². The van der Waals surface area contributed by atoms with E-state index in [9.17, 15) is 4.79 Å². The van der Waals surface area contributed by atoms with E-state index in [1.165, 1.54) is 0 Å². The minimum absolute atomic E-state index is 0.347. The number of carbonyl (C=O) groups is 1. The van der Waals surface area contributed by atoms with E-state index in [2.05, 4.69) is 11.6 Å². The second kappa shape index (κ2) is 7.14. The lowest BCUT2D eigenvalue weighted by atomic mass is 9.80. The number of nitrogens with zero attached hydrogens (tertiary/aromatic N) is 1. The number of aromatic nitrogens is 1. The maximum atomic E-state index is 12.5. The van der Waals surface area contributed by atoms with Crippen LogP contribution < -0.4 is 0 Å². The smallest absolute Gasteiger partial charge is 0.334 e. The average molecular weight is 329 g/mol. The molecule has 0 spiro atoms. The van der Waals surface area contributed by atoms with Crippen LogP contribution >= 0.6 is 0 Å². The van der Waals surface area contributed by atoms with Crippen LogP contribution in [0.15, 0.2) is 97.3 Å². The van der Waals surface area contributed by atoms with Gasteiger partial charge in [-0.15, -0.1) is 0 Å². The molecular formula is C22H19NO2. The number of pyridine rings is 1. The first-order valence-electron chi connectivity index (χ1n) is 8.05. The van der Waals surface area contributed by atoms with Crippen molar-refractivity contribution in [2.75, 3.05) is 0 Å². The second-order valence-electron chi connectivity index (χ2n) is 5.82. The second-order valence-corrected chi connectivity index (χ2v) is 5.82. The monoisotopic (exact) mass is 329 g/mol. The number of carbonyl (C=O) groups excluding carboxylic acids is 1. The molecule has 0 fully saturated rings. The van der Waals surface area contributed by atoms with Gasteiger partial charge in [-0.2, -0.15) is 0 Å². The molecule has 0 aliphatic rings. The van der Waals surface area contributed by atoms with E-state index in [0.717, 1.165) is 16.7 Å². The van der Waals surface area contributed by atoms with E-state index in [0.29, 0.717) is 5.57 Å². The Morgan fingerprint density at radius 1 is 0.880 bits per heavy atom. The Morgan fingerprint density at radius 2 is 1.40 bits per heavy atom. The zero-order valence-electron chi connectivity index (χ0n) is 14.1. The molecule has 0 aliphatic carbocycles. The number of esters is 1. The molecule has 1 aromatic heterocycles. The molecule has 3 aromatic rings. The lowest BCUT2D eigenvalue weighted by Gasteiger charge is -2.35. The van der Waals surface area contributed by atoms with Gasteiger partial charge < -0.3 is 4.74 Å². The van der Waals surface area contributed by atoms with E-state index in [1.807, 2.05) is 72.8 Å². The number of benzene rings is 2. The minimum atomic E-state index is -1.09. The highest BCUT2D eigenvalue weighted by Crippen LogP contribution is 2.40. The SMILES string of the molecule is C=C(C)C(=O)OC(c1ccccc1)(c1ccccc1)c1cccnc1. The molecule has 0 radical (unpaired) electrons. The molecule has 0 bridgehead atoms. The number of rotatable bonds is 5. The van der Waals surface area contributed by atoms with Crippen LogP contribution in [0.3, 0.4) is 0 Å². The predicted molar refractivity (Wildman–Crippen MR) is 97.9 cm³/mol. The van der Waals surface area contributed by atoms with Crippen LogP contribution in [0, 0.1) is 0 Å². The molecule has 25 heavy (non-hydrogen) atoms. The summed E-state index contributed by atoms with van der Waals surface area (Å²) in [5.74, 6) is -0.448. The van der Waals surface area contributed by atoms with E-state index >= 15 is 0 Å². The van der Waals surface area contributed by atoms with Crippen molar-refractivity contribution >= 4 is 5.97 Å². The zero-order chi connectivity index (χ0) is 17.7. The van der Waals surface area contributed by atoms with Crippen LogP contribution in [-0.4, -0.2) is 11.0 Å². The molecule has 0 N–H and O–H groups in total. The fourth-order valence-electron chi connectivity index (χ4n) is 2.82. The summed E-state index contributed by atoms with van der Waals surface area (Å²) in [5, 5.41) is 0. The fraction of sp³-hybridized carbons (Fsp3) is 0.0909. The van der Waals surface area contributed by atoms with Crippen molar-refractivity contribution in [1.29, 1.82) is 0 Å². The molecule has 0 saturated heterocycles. The van der Waals surface area contributed by atoms with Gasteiger partial charge in [0.2, 0.25) is 0 Å². The van der Waals surface area contributed by atoms with Crippen LogP contribution in [0.25, 0.3) is 0 Å². The molecular weight excluding hydrogens is 310 g/mol. The van der Waals surface area contributed by atoms with Gasteiger partial charge in [0.25, 0.3) is 0 Å². The van der Waals surface area contributed by atoms with E-state index in [-0.39, 0.29) is 0 Å². The zero-order valence-corrected chi connectivity index (χ0v) is 14.1. The molecule has 0 unspecified atom stereocenters. The maximum Gasteiger partial charge on any atom is 0.334 e. The summed E-state index contributed by atoms with van der Waals surface area (Å²) in [6, 6.07) is 23.1. The molecule has 2 aromatic carbocycles. The molecule has 3 rings (SSSR count). The van der Waals surface area contributed by atoms with Crippen LogP contribution in [0.4, 0.5) is 0 Å². The summed E-state index contributed by atoms with van der Waals surface area (Å²) in [7, 11) is 0. The van der Waals surface area contributed by atoms with Crippen molar-refractivity contribution in [3.05, 3.63) is 114 Å². The summed E-state index contributed by atoms with van der Waals surface area (Å²) in [4.78, 5) is 16.8. The largest absolute Gasteiger partial charge is 0.441 e. The third kappa shape index (κ3) is 3.22. The Bertz CT molecular complexity index is 762. The standard InChI is InChI=1S/C22H19NO2/c1-17(2)21(24)25-22(18-10-5-3-6-11-18,19-12-7-4-8-13-19)20-14-9-15-23-16-20/h3-16H,1H2,2H3. The van der Waals surface area contributed by atoms with Gasteiger partial charge >= 0.3 is 5.97 Å². The van der Waals surface area contributed by atoms with E-state index < -0.39 is 11.6 Å². The Labute approximate surface area is 147 Å². The highest BCUT2D eigenvalue weighted by atomic mass is 16.6. The highest BCUT2D eigenvalue weighted by Gasteiger charge is 2.40. The summed E-state index contributed by atoms with van der Waals surface area (Å²) in [6.45, 7) is 5.38. The number of hydrogen-bond donors (Lipinski definition) is 0. The van der Waals surface area contributed by atoms with Crippen molar-refractivity contribution in [2.45, 2.75) is 12.5 Å². The minimum Gasteiger partial charge on any atom is -0.441 e.